The molecule has 1 amide bonds. The number of aldehydes is 1. The lowest BCUT2D eigenvalue weighted by Crippen LogP contribution is -2.17. The van der Waals surface area contributed by atoms with Crippen LogP contribution < -0.4 is 11.1 Å². The number of nitrogens with two attached hydrogens (primary N) is 1. The number of benzene rings is 2. The quantitative estimate of drug-likeness (QED) is 0.261. The van der Waals surface area contributed by atoms with Crippen molar-refractivity contribution in [3.05, 3.63) is 65.5 Å². The van der Waals surface area contributed by atoms with E-state index in [0.29, 0.717) is 28.0 Å². The van der Waals surface area contributed by atoms with Gasteiger partial charge in [0.2, 0.25) is 0 Å². The first-order valence-electron chi connectivity index (χ1n) is 9.53. The van der Waals surface area contributed by atoms with Crippen LogP contribution in [-0.4, -0.2) is 41.9 Å². The number of nitrogens with zero attached hydrogens (tertiary/aromatic N) is 2. The zero-order valence-electron chi connectivity index (χ0n) is 17.9. The number of hydrogen-bond donors (Lipinski definition) is 2. The summed E-state index contributed by atoms with van der Waals surface area (Å²) >= 11 is 1.61. The zero-order chi connectivity index (χ0) is 23.1. The Morgan fingerprint density at radius 2 is 1.91 bits per heavy atom. The van der Waals surface area contributed by atoms with Gasteiger partial charge in [0.25, 0.3) is 5.91 Å². The molecule has 0 saturated carbocycles. The van der Waals surface area contributed by atoms with Crippen LogP contribution in [0.5, 0.6) is 0 Å². The van der Waals surface area contributed by atoms with Crippen LogP contribution in [0.3, 0.4) is 0 Å². The van der Waals surface area contributed by atoms with Gasteiger partial charge in [-0.05, 0) is 42.8 Å². The monoisotopic (exact) mass is 470 g/mol. The maximum atomic E-state index is 12.8. The molecule has 32 heavy (non-hydrogen) atoms. The van der Waals surface area contributed by atoms with Crippen molar-refractivity contribution in [2.75, 3.05) is 30.8 Å². The number of thioether (sulfide) groups is 1. The summed E-state index contributed by atoms with van der Waals surface area (Å²) < 4.78 is 10.5. The Hall–Kier alpha value is -2.84. The maximum Gasteiger partial charge on any atom is 0.278 e. The molecule has 0 radical (unpaired) electrons. The molecule has 166 valence electrons. The third kappa shape index (κ3) is 5.89. The summed E-state index contributed by atoms with van der Waals surface area (Å²) in [6.07, 6.45) is 2.26. The average molecular weight is 470 g/mol. The number of aryl methyl sites for hydroxylation is 1. The van der Waals surface area contributed by atoms with Crippen LogP contribution in [0.25, 0.3) is 11.3 Å². The van der Waals surface area contributed by atoms with E-state index in [1.165, 1.54) is 6.20 Å². The Bertz CT molecular complexity index is 1110. The van der Waals surface area contributed by atoms with Crippen molar-refractivity contribution in [2.45, 2.75) is 11.8 Å². The maximum absolute atomic E-state index is 12.8. The van der Waals surface area contributed by atoms with Gasteiger partial charge in [0.05, 0.1) is 17.4 Å². The Morgan fingerprint density at radius 3 is 2.56 bits per heavy atom. The normalized spacial score (nSPS) is 10.9. The predicted molar refractivity (Wildman–Crippen MR) is 128 cm³/mol. The van der Waals surface area contributed by atoms with Crippen LogP contribution in [0.1, 0.15) is 26.4 Å². The topological polar surface area (TPSA) is 116 Å². The van der Waals surface area contributed by atoms with Gasteiger partial charge >= 0.3 is 0 Å². The zero-order valence-corrected chi connectivity index (χ0v) is 19.6. The van der Waals surface area contributed by atoms with E-state index in [4.69, 9.17) is 14.8 Å². The molecule has 0 aliphatic rings. The molecular weight excluding hydrogens is 447 g/mol. The number of amides is 1. The van der Waals surface area contributed by atoms with Crippen molar-refractivity contribution in [1.29, 1.82) is 0 Å². The third-order valence-corrected chi connectivity index (χ3v) is 7.35. The highest BCUT2D eigenvalue weighted by Crippen LogP contribution is 2.42. The fourth-order valence-corrected chi connectivity index (χ4v) is 5.10. The Kier molecular flexibility index (Phi) is 8.30. The summed E-state index contributed by atoms with van der Waals surface area (Å²) in [7, 11) is 2.33. The van der Waals surface area contributed by atoms with Crippen LogP contribution in [0.2, 0.25) is 0 Å². The Labute approximate surface area is 191 Å². The number of carbonyl (C=O) groups is 2. The van der Waals surface area contributed by atoms with Crippen molar-refractivity contribution in [3.63, 3.8) is 0 Å². The second kappa shape index (κ2) is 11.2. The van der Waals surface area contributed by atoms with E-state index in [9.17, 15) is 9.59 Å². The summed E-state index contributed by atoms with van der Waals surface area (Å²) in [6.45, 7) is 1.85. The van der Waals surface area contributed by atoms with Gasteiger partial charge in [-0.2, -0.15) is 0 Å². The second-order valence-electron chi connectivity index (χ2n) is 6.63. The molecule has 1 aromatic heterocycles. The SMILES string of the molecule is COP(CSc1ccc(NC(=O)c2nc(-c3ccc(C)c(C=O)c3)cnc2N)cc1)OC. The molecule has 1 heterocycles. The predicted octanol–water partition coefficient (Wildman–Crippen LogP) is 4.75. The van der Waals surface area contributed by atoms with Gasteiger partial charge in [-0.3, -0.25) is 9.59 Å². The summed E-state index contributed by atoms with van der Waals surface area (Å²) in [5, 5.41) is 2.79. The van der Waals surface area contributed by atoms with Crippen molar-refractivity contribution in [2.24, 2.45) is 0 Å². The number of hydrogen-bond acceptors (Lipinski definition) is 8. The first-order chi connectivity index (χ1) is 15.4. The van der Waals surface area contributed by atoms with Crippen LogP contribution in [0, 0.1) is 6.92 Å². The summed E-state index contributed by atoms with van der Waals surface area (Å²) in [6, 6.07) is 12.7. The lowest BCUT2D eigenvalue weighted by Gasteiger charge is -2.12. The van der Waals surface area contributed by atoms with E-state index < -0.39 is 14.3 Å². The molecule has 0 spiro atoms. The molecule has 3 aromatic rings. The first kappa shape index (κ1) is 23.8. The van der Waals surface area contributed by atoms with E-state index in [-0.39, 0.29) is 11.5 Å². The molecule has 0 atom stereocenters. The fourth-order valence-electron chi connectivity index (χ4n) is 2.76. The van der Waals surface area contributed by atoms with E-state index >= 15 is 0 Å². The standard InChI is InChI=1S/C22H23N4O4PS/c1-14-4-5-15(10-16(14)12-27)19-11-24-21(23)20(26-19)22(28)25-17-6-8-18(9-7-17)32-13-31(29-2)30-3/h4-12H,13H2,1-3H3,(H2,23,24)(H,25,28). The molecule has 8 nitrogen and oxygen atoms in total. The van der Waals surface area contributed by atoms with Crippen molar-refractivity contribution < 1.29 is 18.6 Å². The molecule has 0 aliphatic heterocycles. The molecule has 10 heteroatoms. The Morgan fingerprint density at radius 1 is 1.19 bits per heavy atom. The van der Waals surface area contributed by atoms with Gasteiger partial charge < -0.3 is 20.1 Å². The fraction of sp³-hybridized carbons (Fsp3) is 0.182. The van der Waals surface area contributed by atoms with Crippen LogP contribution in [-0.2, 0) is 9.05 Å². The molecule has 0 unspecified atom stereocenters. The van der Waals surface area contributed by atoms with E-state index in [2.05, 4.69) is 15.3 Å². The Balaban J connectivity index is 1.74. The number of anilines is 2. The molecule has 0 fully saturated rings. The summed E-state index contributed by atoms with van der Waals surface area (Å²) in [5.41, 5.74) is 9.76. The highest BCUT2D eigenvalue weighted by Gasteiger charge is 2.16. The highest BCUT2D eigenvalue weighted by molar-refractivity contribution is 8.04. The minimum Gasteiger partial charge on any atom is -0.382 e. The largest absolute Gasteiger partial charge is 0.382 e. The smallest absolute Gasteiger partial charge is 0.278 e. The molecule has 0 saturated heterocycles. The van der Waals surface area contributed by atoms with E-state index in [1.807, 2.05) is 31.2 Å². The summed E-state index contributed by atoms with van der Waals surface area (Å²) in [4.78, 5) is 33.5. The number of nitrogens with one attached hydrogen (secondary N) is 1. The molecule has 2 aromatic carbocycles. The first-order valence-corrected chi connectivity index (χ1v) is 11.9. The van der Waals surface area contributed by atoms with E-state index in [0.717, 1.165) is 16.7 Å². The molecule has 3 N–H and O–H groups in total. The molecule has 3 rings (SSSR count). The van der Waals surface area contributed by atoms with Crippen molar-refractivity contribution in [1.82, 2.24) is 9.97 Å². The minimum absolute atomic E-state index is 0.0139. The molecular formula is C22H23N4O4PS. The molecule has 0 bridgehead atoms. The number of carbonyl (C=O) groups excluding carboxylic acids is 2. The van der Waals surface area contributed by atoms with Crippen LogP contribution in [0.4, 0.5) is 11.5 Å². The minimum atomic E-state index is -0.918. The van der Waals surface area contributed by atoms with Gasteiger partial charge in [-0.25, -0.2) is 9.97 Å². The lowest BCUT2D eigenvalue weighted by atomic mass is 10.0. The highest BCUT2D eigenvalue weighted by atomic mass is 32.2. The van der Waals surface area contributed by atoms with Crippen LogP contribution >= 0.6 is 20.1 Å². The van der Waals surface area contributed by atoms with Crippen LogP contribution in [0.15, 0.2) is 53.6 Å². The van der Waals surface area contributed by atoms with Crippen molar-refractivity contribution in [3.8, 4) is 11.3 Å². The third-order valence-electron chi connectivity index (χ3n) is 4.57. The van der Waals surface area contributed by atoms with Crippen molar-refractivity contribution >= 4 is 43.8 Å². The van der Waals surface area contributed by atoms with Gasteiger partial charge in [0, 0.05) is 35.9 Å². The summed E-state index contributed by atoms with van der Waals surface area (Å²) in [5.74, 6) is -0.448. The lowest BCUT2D eigenvalue weighted by molar-refractivity contribution is 0.102. The van der Waals surface area contributed by atoms with Gasteiger partial charge in [0.1, 0.15) is 6.29 Å². The van der Waals surface area contributed by atoms with E-state index in [1.54, 1.807) is 44.2 Å². The van der Waals surface area contributed by atoms with Gasteiger partial charge in [-0.1, -0.05) is 12.1 Å². The van der Waals surface area contributed by atoms with Gasteiger partial charge in [-0.15, -0.1) is 11.8 Å². The number of nitrogen functional groups attached to an aromatic ring is 1. The van der Waals surface area contributed by atoms with Gasteiger partial charge in [0.15, 0.2) is 19.9 Å². The molecule has 0 aliphatic carbocycles. The number of aromatic nitrogens is 2. The number of rotatable bonds is 9. The second-order valence-corrected chi connectivity index (χ2v) is 9.82. The average Bonchev–Trinajstić information content (AvgIpc) is 2.81.